The number of benzene rings is 2. The van der Waals surface area contributed by atoms with Gasteiger partial charge in [0.15, 0.2) is 6.61 Å². The maximum absolute atomic E-state index is 12.3. The number of ether oxygens (including phenoxy) is 1. The fraction of sp³-hybridized carbons (Fsp3) is 0.286. The molecule has 3 rings (SSSR count). The molecule has 31 heavy (non-hydrogen) atoms. The van der Waals surface area contributed by atoms with E-state index in [1.807, 2.05) is 0 Å². The zero-order valence-corrected chi connectivity index (χ0v) is 17.9. The molecular formula is C21H23N3O6S. The molecule has 0 spiro atoms. The third kappa shape index (κ3) is 5.68. The van der Waals surface area contributed by atoms with E-state index in [2.05, 4.69) is 10.6 Å². The van der Waals surface area contributed by atoms with Crippen LogP contribution in [0.2, 0.25) is 0 Å². The minimum absolute atomic E-state index is 0.0000590. The molecule has 0 heterocycles. The quantitative estimate of drug-likeness (QED) is 0.596. The van der Waals surface area contributed by atoms with Crippen LogP contribution in [0.5, 0.6) is 0 Å². The first-order valence-corrected chi connectivity index (χ1v) is 11.0. The van der Waals surface area contributed by atoms with Crippen LogP contribution >= 0.6 is 0 Å². The SMILES string of the molecule is CN(C)S(=O)(=O)c1cccc(C(=O)OCC(=O)Nc2ccccc2C(=O)NC2CC2)c1. The van der Waals surface area contributed by atoms with Gasteiger partial charge < -0.3 is 15.4 Å². The molecular weight excluding hydrogens is 422 g/mol. The van der Waals surface area contributed by atoms with E-state index in [0.717, 1.165) is 17.1 Å². The van der Waals surface area contributed by atoms with E-state index >= 15 is 0 Å². The summed E-state index contributed by atoms with van der Waals surface area (Å²) in [4.78, 5) is 36.8. The summed E-state index contributed by atoms with van der Waals surface area (Å²) in [7, 11) is -0.949. The van der Waals surface area contributed by atoms with Crippen molar-refractivity contribution < 1.29 is 27.5 Å². The van der Waals surface area contributed by atoms with E-state index in [-0.39, 0.29) is 22.4 Å². The minimum atomic E-state index is -3.71. The molecule has 164 valence electrons. The molecule has 1 fully saturated rings. The lowest BCUT2D eigenvalue weighted by molar-refractivity contribution is -0.119. The van der Waals surface area contributed by atoms with Crippen molar-refractivity contribution >= 4 is 33.5 Å². The Kier molecular flexibility index (Phi) is 6.71. The summed E-state index contributed by atoms with van der Waals surface area (Å²) in [6, 6.07) is 12.1. The van der Waals surface area contributed by atoms with Crippen LogP contribution in [-0.4, -0.2) is 57.3 Å². The number of sulfonamides is 1. The van der Waals surface area contributed by atoms with Gasteiger partial charge in [0.25, 0.3) is 11.8 Å². The van der Waals surface area contributed by atoms with Crippen LogP contribution in [0.15, 0.2) is 53.4 Å². The lowest BCUT2D eigenvalue weighted by Gasteiger charge is -2.13. The number of anilines is 1. The third-order valence-corrected chi connectivity index (χ3v) is 6.35. The number of rotatable bonds is 8. The number of carbonyl (C=O) groups excluding carboxylic acids is 3. The van der Waals surface area contributed by atoms with Crippen LogP contribution in [-0.2, 0) is 19.6 Å². The van der Waals surface area contributed by atoms with Crippen LogP contribution in [0, 0.1) is 0 Å². The summed E-state index contributed by atoms with van der Waals surface area (Å²) in [6.45, 7) is -0.595. The number of hydrogen-bond acceptors (Lipinski definition) is 6. The lowest BCUT2D eigenvalue weighted by Crippen LogP contribution is -2.28. The highest BCUT2D eigenvalue weighted by molar-refractivity contribution is 7.89. The molecule has 1 saturated carbocycles. The van der Waals surface area contributed by atoms with Crippen LogP contribution < -0.4 is 10.6 Å². The van der Waals surface area contributed by atoms with E-state index < -0.39 is 28.5 Å². The number of nitrogens with one attached hydrogen (secondary N) is 2. The number of carbonyl (C=O) groups is 3. The molecule has 2 aromatic carbocycles. The van der Waals surface area contributed by atoms with E-state index in [1.54, 1.807) is 24.3 Å². The van der Waals surface area contributed by atoms with Crippen molar-refractivity contribution in [2.24, 2.45) is 0 Å². The van der Waals surface area contributed by atoms with Gasteiger partial charge in [0.2, 0.25) is 10.0 Å². The third-order valence-electron chi connectivity index (χ3n) is 4.54. The molecule has 2 aromatic rings. The summed E-state index contributed by atoms with van der Waals surface area (Å²) in [5.41, 5.74) is 0.622. The van der Waals surface area contributed by atoms with Gasteiger partial charge in [-0.05, 0) is 43.2 Å². The maximum atomic E-state index is 12.3. The molecule has 2 amide bonds. The van der Waals surface area contributed by atoms with Crippen molar-refractivity contribution in [1.29, 1.82) is 0 Å². The topological polar surface area (TPSA) is 122 Å². The first-order valence-electron chi connectivity index (χ1n) is 9.58. The summed E-state index contributed by atoms with van der Waals surface area (Å²) in [5, 5.41) is 5.42. The maximum Gasteiger partial charge on any atom is 0.338 e. The van der Waals surface area contributed by atoms with Gasteiger partial charge in [-0.2, -0.15) is 0 Å². The zero-order valence-electron chi connectivity index (χ0n) is 17.1. The number of amides is 2. The number of esters is 1. The fourth-order valence-electron chi connectivity index (χ4n) is 2.68. The van der Waals surface area contributed by atoms with Crippen molar-refractivity contribution in [2.75, 3.05) is 26.0 Å². The van der Waals surface area contributed by atoms with Crippen LogP contribution in [0.3, 0.4) is 0 Å². The summed E-state index contributed by atoms with van der Waals surface area (Å²) < 4.78 is 30.5. The van der Waals surface area contributed by atoms with Gasteiger partial charge >= 0.3 is 5.97 Å². The van der Waals surface area contributed by atoms with Crippen LogP contribution in [0.1, 0.15) is 33.6 Å². The van der Waals surface area contributed by atoms with E-state index in [9.17, 15) is 22.8 Å². The van der Waals surface area contributed by atoms with Gasteiger partial charge in [-0.1, -0.05) is 18.2 Å². The number of nitrogens with zero attached hydrogens (tertiary/aromatic N) is 1. The average molecular weight is 445 g/mol. The van der Waals surface area contributed by atoms with Crippen molar-refractivity contribution in [1.82, 2.24) is 9.62 Å². The monoisotopic (exact) mass is 445 g/mol. The molecule has 1 aliphatic rings. The molecule has 1 aliphatic carbocycles. The minimum Gasteiger partial charge on any atom is -0.452 e. The molecule has 0 aliphatic heterocycles. The fourth-order valence-corrected chi connectivity index (χ4v) is 3.62. The summed E-state index contributed by atoms with van der Waals surface area (Å²) in [6.07, 6.45) is 1.88. The predicted molar refractivity (Wildman–Crippen MR) is 113 cm³/mol. The highest BCUT2D eigenvalue weighted by Gasteiger charge is 2.25. The van der Waals surface area contributed by atoms with Gasteiger partial charge in [0.1, 0.15) is 0 Å². The average Bonchev–Trinajstić information content (AvgIpc) is 3.56. The van der Waals surface area contributed by atoms with Crippen molar-refractivity contribution in [2.45, 2.75) is 23.8 Å². The smallest absolute Gasteiger partial charge is 0.338 e. The van der Waals surface area contributed by atoms with Gasteiger partial charge in [0.05, 0.1) is 21.7 Å². The molecule has 0 bridgehead atoms. The molecule has 0 aromatic heterocycles. The Labute approximate surface area is 180 Å². The Hall–Kier alpha value is -3.24. The molecule has 0 unspecified atom stereocenters. The molecule has 0 radical (unpaired) electrons. The first-order chi connectivity index (χ1) is 14.7. The zero-order chi connectivity index (χ0) is 22.6. The highest BCUT2D eigenvalue weighted by atomic mass is 32.2. The largest absolute Gasteiger partial charge is 0.452 e. The van der Waals surface area contributed by atoms with Gasteiger partial charge in [0, 0.05) is 20.1 Å². The predicted octanol–water partition coefficient (Wildman–Crippen LogP) is 1.62. The Bertz CT molecular complexity index is 1110. The molecule has 0 atom stereocenters. The second-order valence-electron chi connectivity index (χ2n) is 7.23. The Morgan fingerprint density at radius 1 is 1.06 bits per heavy atom. The van der Waals surface area contributed by atoms with Gasteiger partial charge in [-0.3, -0.25) is 9.59 Å². The summed E-state index contributed by atoms with van der Waals surface area (Å²) >= 11 is 0. The molecule has 2 N–H and O–H groups in total. The van der Waals surface area contributed by atoms with Crippen LogP contribution in [0.25, 0.3) is 0 Å². The standard InChI is InChI=1S/C21H23N3O6S/c1-24(2)31(28,29)16-7-5-6-14(12-16)21(27)30-13-19(25)23-18-9-4-3-8-17(18)20(26)22-15-10-11-15/h3-9,12,15H,10-11,13H2,1-2H3,(H,22,26)(H,23,25). The number of hydrogen-bond donors (Lipinski definition) is 2. The highest BCUT2D eigenvalue weighted by Crippen LogP contribution is 2.21. The second kappa shape index (κ2) is 9.27. The Balaban J connectivity index is 1.62. The Morgan fingerprint density at radius 3 is 2.45 bits per heavy atom. The van der Waals surface area contributed by atoms with Crippen molar-refractivity contribution in [3.8, 4) is 0 Å². The second-order valence-corrected chi connectivity index (χ2v) is 9.38. The number of para-hydroxylation sites is 1. The van der Waals surface area contributed by atoms with Crippen molar-refractivity contribution in [3.63, 3.8) is 0 Å². The molecule has 9 nitrogen and oxygen atoms in total. The van der Waals surface area contributed by atoms with Crippen molar-refractivity contribution in [3.05, 3.63) is 59.7 Å². The molecule has 0 saturated heterocycles. The van der Waals surface area contributed by atoms with Crippen LogP contribution in [0.4, 0.5) is 5.69 Å². The van der Waals surface area contributed by atoms with Gasteiger partial charge in [-0.25, -0.2) is 17.5 Å². The first kappa shape index (κ1) is 22.4. The van der Waals surface area contributed by atoms with E-state index in [1.165, 1.54) is 38.4 Å². The normalized spacial score (nSPS) is 13.5. The molecule has 10 heteroatoms. The Morgan fingerprint density at radius 2 is 1.77 bits per heavy atom. The summed E-state index contributed by atoms with van der Waals surface area (Å²) in [5.74, 6) is -1.75. The van der Waals surface area contributed by atoms with E-state index in [0.29, 0.717) is 11.3 Å². The van der Waals surface area contributed by atoms with Gasteiger partial charge in [-0.15, -0.1) is 0 Å². The lowest BCUT2D eigenvalue weighted by atomic mass is 10.1. The van der Waals surface area contributed by atoms with E-state index in [4.69, 9.17) is 4.74 Å².